The van der Waals surface area contributed by atoms with Crippen LogP contribution in [0.1, 0.15) is 24.2 Å². The number of sulfonamides is 1. The maximum Gasteiger partial charge on any atom is 0.338 e. The zero-order valence-corrected chi connectivity index (χ0v) is 18.5. The summed E-state index contributed by atoms with van der Waals surface area (Å²) in [7, 11) is -3.66. The minimum absolute atomic E-state index is 0.0404. The smallest absolute Gasteiger partial charge is 0.338 e. The standard InChI is InChI=1S/C20H22F2N2O5S2/c1-3-24(4-2)31(27,28)15-11-9-14(10-12-15)19(26)29-13-18(25)23-16-7-5-6-8-17(16)30-20(21)22/h5-12,20H,3-4,13H2,1-2H3,(H,23,25). The molecule has 0 radical (unpaired) electrons. The average Bonchev–Trinajstić information content (AvgIpc) is 2.74. The molecule has 2 aromatic rings. The van der Waals surface area contributed by atoms with E-state index in [1.807, 2.05) is 0 Å². The number of hydrogen-bond acceptors (Lipinski definition) is 6. The molecule has 0 bridgehead atoms. The second-order valence-electron chi connectivity index (χ2n) is 6.11. The highest BCUT2D eigenvalue weighted by Gasteiger charge is 2.22. The van der Waals surface area contributed by atoms with Gasteiger partial charge in [0.25, 0.3) is 11.7 Å². The summed E-state index contributed by atoms with van der Waals surface area (Å²) in [6.07, 6.45) is 0. The molecule has 0 spiro atoms. The van der Waals surface area contributed by atoms with Crippen molar-refractivity contribution in [2.24, 2.45) is 0 Å². The molecule has 11 heteroatoms. The molecule has 0 aliphatic heterocycles. The minimum Gasteiger partial charge on any atom is -0.452 e. The summed E-state index contributed by atoms with van der Waals surface area (Å²) in [5, 5.41) is 2.42. The van der Waals surface area contributed by atoms with E-state index in [1.165, 1.54) is 40.7 Å². The fourth-order valence-corrected chi connectivity index (χ4v) is 4.70. The van der Waals surface area contributed by atoms with E-state index in [4.69, 9.17) is 4.74 Å². The number of nitrogens with one attached hydrogen (secondary N) is 1. The average molecular weight is 473 g/mol. The molecule has 7 nitrogen and oxygen atoms in total. The molecule has 0 fully saturated rings. The lowest BCUT2D eigenvalue weighted by Gasteiger charge is -2.18. The fraction of sp³-hybridized carbons (Fsp3) is 0.300. The first-order valence-corrected chi connectivity index (χ1v) is 11.6. The first-order valence-electron chi connectivity index (χ1n) is 9.30. The number of anilines is 1. The lowest BCUT2D eigenvalue weighted by atomic mass is 10.2. The first-order chi connectivity index (χ1) is 14.7. The molecule has 2 aromatic carbocycles. The highest BCUT2D eigenvalue weighted by atomic mass is 32.2. The summed E-state index contributed by atoms with van der Waals surface area (Å²) in [6, 6.07) is 11.2. The fourth-order valence-electron chi connectivity index (χ4n) is 2.64. The van der Waals surface area contributed by atoms with E-state index in [0.717, 1.165) is 0 Å². The molecule has 2 rings (SSSR count). The number of carbonyl (C=O) groups excluding carboxylic acids is 2. The van der Waals surface area contributed by atoms with Crippen LogP contribution in [0.25, 0.3) is 0 Å². The van der Waals surface area contributed by atoms with Crippen LogP contribution in [0.15, 0.2) is 58.3 Å². The second-order valence-corrected chi connectivity index (χ2v) is 9.08. The quantitative estimate of drug-likeness (QED) is 0.417. The van der Waals surface area contributed by atoms with E-state index in [1.54, 1.807) is 26.0 Å². The Morgan fingerprint density at radius 3 is 2.26 bits per heavy atom. The first kappa shape index (κ1) is 24.8. The largest absolute Gasteiger partial charge is 0.452 e. The normalized spacial score (nSPS) is 11.5. The SMILES string of the molecule is CCN(CC)S(=O)(=O)c1ccc(C(=O)OCC(=O)Nc2ccccc2SC(F)F)cc1. The maximum absolute atomic E-state index is 12.6. The predicted octanol–water partition coefficient (Wildman–Crippen LogP) is 3.83. The van der Waals surface area contributed by atoms with Gasteiger partial charge in [-0.3, -0.25) is 4.79 Å². The van der Waals surface area contributed by atoms with Gasteiger partial charge in [0.1, 0.15) is 0 Å². The van der Waals surface area contributed by atoms with Crippen LogP contribution in [-0.4, -0.2) is 50.1 Å². The van der Waals surface area contributed by atoms with E-state index in [2.05, 4.69) is 5.32 Å². The lowest BCUT2D eigenvalue weighted by molar-refractivity contribution is -0.119. The molecule has 0 saturated heterocycles. The van der Waals surface area contributed by atoms with Crippen molar-refractivity contribution >= 4 is 39.3 Å². The third-order valence-electron chi connectivity index (χ3n) is 4.14. The third-order valence-corrected chi connectivity index (χ3v) is 7.00. The van der Waals surface area contributed by atoms with Crippen molar-refractivity contribution in [1.29, 1.82) is 0 Å². The van der Waals surface area contributed by atoms with Gasteiger partial charge < -0.3 is 10.1 Å². The zero-order valence-electron chi connectivity index (χ0n) is 16.9. The number of amides is 1. The molecule has 168 valence electrons. The number of ether oxygens (including phenoxy) is 1. The van der Waals surface area contributed by atoms with Crippen molar-refractivity contribution in [3.05, 3.63) is 54.1 Å². The molecule has 0 aliphatic rings. The molecule has 0 saturated carbocycles. The molecule has 0 aromatic heterocycles. The van der Waals surface area contributed by atoms with Crippen LogP contribution < -0.4 is 5.32 Å². The number of rotatable bonds is 10. The molecule has 1 N–H and O–H groups in total. The Hall–Kier alpha value is -2.50. The number of para-hydroxylation sites is 1. The highest BCUT2D eigenvalue weighted by Crippen LogP contribution is 2.31. The van der Waals surface area contributed by atoms with Gasteiger partial charge in [-0.1, -0.05) is 37.7 Å². The van der Waals surface area contributed by atoms with Crippen LogP contribution in [0.3, 0.4) is 0 Å². The van der Waals surface area contributed by atoms with Crippen molar-refractivity contribution in [1.82, 2.24) is 4.31 Å². The number of benzene rings is 2. The van der Waals surface area contributed by atoms with E-state index in [-0.39, 0.29) is 32.8 Å². The summed E-state index contributed by atoms with van der Waals surface area (Å²) in [5.41, 5.74) is 0.250. The minimum atomic E-state index is -3.66. The van der Waals surface area contributed by atoms with Crippen molar-refractivity contribution < 1.29 is 31.5 Å². The van der Waals surface area contributed by atoms with Crippen LogP contribution in [0.4, 0.5) is 14.5 Å². The van der Waals surface area contributed by atoms with E-state index in [9.17, 15) is 26.8 Å². The number of carbonyl (C=O) groups is 2. The zero-order chi connectivity index (χ0) is 23.0. The molecule has 0 aliphatic carbocycles. The van der Waals surface area contributed by atoms with Gasteiger partial charge in [-0.25, -0.2) is 13.2 Å². The highest BCUT2D eigenvalue weighted by molar-refractivity contribution is 7.99. The Balaban J connectivity index is 1.98. The summed E-state index contributed by atoms with van der Waals surface area (Å²) in [5.74, 6) is -4.17. The van der Waals surface area contributed by atoms with Crippen LogP contribution in [0.2, 0.25) is 0 Å². The lowest BCUT2D eigenvalue weighted by Crippen LogP contribution is -2.30. The van der Waals surface area contributed by atoms with Gasteiger partial charge in [0.2, 0.25) is 10.0 Å². The van der Waals surface area contributed by atoms with Crippen molar-refractivity contribution in [2.45, 2.75) is 29.4 Å². The molecular formula is C20H22F2N2O5S2. The number of nitrogens with zero attached hydrogens (tertiary/aromatic N) is 1. The Morgan fingerprint density at radius 2 is 1.68 bits per heavy atom. The van der Waals surface area contributed by atoms with Crippen molar-refractivity contribution in [3.63, 3.8) is 0 Å². The molecule has 31 heavy (non-hydrogen) atoms. The Kier molecular flexibility index (Phi) is 8.96. The van der Waals surface area contributed by atoms with Crippen LogP contribution >= 0.6 is 11.8 Å². The van der Waals surface area contributed by atoms with E-state index < -0.39 is 34.3 Å². The summed E-state index contributed by atoms with van der Waals surface area (Å²) in [6.45, 7) is 3.45. The van der Waals surface area contributed by atoms with Gasteiger partial charge >= 0.3 is 5.97 Å². The third kappa shape index (κ3) is 6.74. The monoisotopic (exact) mass is 472 g/mol. The van der Waals surface area contributed by atoms with Gasteiger partial charge in [0.15, 0.2) is 6.61 Å². The van der Waals surface area contributed by atoms with Crippen LogP contribution in [0, 0.1) is 0 Å². The van der Waals surface area contributed by atoms with E-state index in [0.29, 0.717) is 13.1 Å². The molecular weight excluding hydrogens is 450 g/mol. The number of alkyl halides is 2. The maximum atomic E-state index is 12.6. The van der Waals surface area contributed by atoms with Crippen LogP contribution in [-0.2, 0) is 19.6 Å². The van der Waals surface area contributed by atoms with Crippen molar-refractivity contribution in [3.8, 4) is 0 Å². The Labute approximate surface area is 183 Å². The molecule has 0 unspecified atom stereocenters. The predicted molar refractivity (Wildman–Crippen MR) is 114 cm³/mol. The van der Waals surface area contributed by atoms with Gasteiger partial charge in [-0.2, -0.15) is 13.1 Å². The number of halogens is 2. The number of esters is 1. The van der Waals surface area contributed by atoms with E-state index >= 15 is 0 Å². The Morgan fingerprint density at radius 1 is 1.06 bits per heavy atom. The van der Waals surface area contributed by atoms with Gasteiger partial charge in [0.05, 0.1) is 16.1 Å². The summed E-state index contributed by atoms with van der Waals surface area (Å²) >= 11 is 0.288. The van der Waals surface area contributed by atoms with Gasteiger partial charge in [-0.05, 0) is 36.4 Å². The molecule has 0 heterocycles. The number of thioether (sulfide) groups is 1. The van der Waals surface area contributed by atoms with Gasteiger partial charge in [0, 0.05) is 18.0 Å². The van der Waals surface area contributed by atoms with Crippen LogP contribution in [0.5, 0.6) is 0 Å². The summed E-state index contributed by atoms with van der Waals surface area (Å²) in [4.78, 5) is 24.4. The Bertz CT molecular complexity index is 1010. The molecule has 1 amide bonds. The van der Waals surface area contributed by atoms with Gasteiger partial charge in [-0.15, -0.1) is 0 Å². The van der Waals surface area contributed by atoms with Crippen molar-refractivity contribution in [2.75, 3.05) is 25.0 Å². The second kappa shape index (κ2) is 11.2. The molecule has 0 atom stereocenters. The number of hydrogen-bond donors (Lipinski definition) is 1. The summed E-state index contributed by atoms with van der Waals surface area (Å²) < 4.78 is 56.4. The topological polar surface area (TPSA) is 92.8 Å².